The Morgan fingerprint density at radius 2 is 2.24 bits per heavy atom. The first kappa shape index (κ1) is 12.8. The molecule has 6 nitrogen and oxygen atoms in total. The zero-order chi connectivity index (χ0) is 13.0. The SMILES string of the molecule is COc1c(C)c(C)cc(C=NNC(N)=O)c1O. The lowest BCUT2D eigenvalue weighted by Gasteiger charge is -2.11. The smallest absolute Gasteiger partial charge is 0.332 e. The van der Waals surface area contributed by atoms with Gasteiger partial charge in [0.25, 0.3) is 0 Å². The minimum Gasteiger partial charge on any atom is -0.504 e. The molecular weight excluding hydrogens is 222 g/mol. The molecule has 0 atom stereocenters. The van der Waals surface area contributed by atoms with Crippen LogP contribution in [0.3, 0.4) is 0 Å². The largest absolute Gasteiger partial charge is 0.504 e. The van der Waals surface area contributed by atoms with E-state index in [1.807, 2.05) is 19.3 Å². The average molecular weight is 237 g/mol. The van der Waals surface area contributed by atoms with Gasteiger partial charge in [-0.2, -0.15) is 5.10 Å². The van der Waals surface area contributed by atoms with Crippen LogP contribution in [-0.2, 0) is 0 Å². The number of phenolic OH excluding ortho intramolecular Hbond substituents is 1. The van der Waals surface area contributed by atoms with E-state index >= 15 is 0 Å². The number of aryl methyl sites for hydroxylation is 1. The van der Waals surface area contributed by atoms with Crippen molar-refractivity contribution >= 4 is 12.2 Å². The van der Waals surface area contributed by atoms with Crippen LogP contribution in [0.25, 0.3) is 0 Å². The third-order valence-corrected chi connectivity index (χ3v) is 2.38. The van der Waals surface area contributed by atoms with E-state index in [2.05, 4.69) is 5.10 Å². The number of benzene rings is 1. The van der Waals surface area contributed by atoms with Crippen LogP contribution in [-0.4, -0.2) is 24.5 Å². The summed E-state index contributed by atoms with van der Waals surface area (Å²) in [5, 5.41) is 13.5. The van der Waals surface area contributed by atoms with Crippen molar-refractivity contribution in [3.8, 4) is 11.5 Å². The monoisotopic (exact) mass is 237 g/mol. The second kappa shape index (κ2) is 5.20. The van der Waals surface area contributed by atoms with E-state index in [0.29, 0.717) is 11.3 Å². The van der Waals surface area contributed by atoms with Gasteiger partial charge in [0, 0.05) is 5.56 Å². The number of nitrogens with one attached hydrogen (secondary N) is 1. The molecule has 4 N–H and O–H groups in total. The Labute approximate surface area is 99.1 Å². The van der Waals surface area contributed by atoms with Crippen LogP contribution in [0.4, 0.5) is 4.79 Å². The van der Waals surface area contributed by atoms with Crippen molar-refractivity contribution in [2.24, 2.45) is 10.8 Å². The molecule has 0 aliphatic rings. The highest BCUT2D eigenvalue weighted by Crippen LogP contribution is 2.34. The molecule has 0 radical (unpaired) electrons. The average Bonchev–Trinajstić information content (AvgIpc) is 2.26. The molecule has 0 fully saturated rings. The minimum atomic E-state index is -0.767. The fourth-order valence-electron chi connectivity index (χ4n) is 1.41. The van der Waals surface area contributed by atoms with Gasteiger partial charge in [0.05, 0.1) is 13.3 Å². The molecule has 1 rings (SSSR count). The van der Waals surface area contributed by atoms with E-state index in [1.165, 1.54) is 13.3 Å². The number of hydrogen-bond acceptors (Lipinski definition) is 4. The number of amides is 2. The number of primary amides is 1. The summed E-state index contributed by atoms with van der Waals surface area (Å²) >= 11 is 0. The quantitative estimate of drug-likeness (QED) is 0.540. The number of rotatable bonds is 3. The molecule has 0 bridgehead atoms. The fraction of sp³-hybridized carbons (Fsp3) is 0.273. The van der Waals surface area contributed by atoms with Crippen LogP contribution in [0.1, 0.15) is 16.7 Å². The van der Waals surface area contributed by atoms with Gasteiger partial charge in [-0.15, -0.1) is 0 Å². The third-order valence-electron chi connectivity index (χ3n) is 2.38. The summed E-state index contributed by atoms with van der Waals surface area (Å²) in [7, 11) is 1.48. The van der Waals surface area contributed by atoms with Crippen LogP contribution >= 0.6 is 0 Å². The van der Waals surface area contributed by atoms with E-state index in [4.69, 9.17) is 10.5 Å². The predicted octanol–water partition coefficient (Wildman–Crippen LogP) is 1.02. The first-order valence-corrected chi connectivity index (χ1v) is 4.93. The van der Waals surface area contributed by atoms with E-state index in [0.717, 1.165) is 11.1 Å². The molecular formula is C11H15N3O3. The lowest BCUT2D eigenvalue weighted by Crippen LogP contribution is -2.24. The predicted molar refractivity (Wildman–Crippen MR) is 64.4 cm³/mol. The minimum absolute atomic E-state index is 0.0226. The summed E-state index contributed by atoms with van der Waals surface area (Å²) in [6.45, 7) is 3.73. The summed E-state index contributed by atoms with van der Waals surface area (Å²) < 4.78 is 5.10. The van der Waals surface area contributed by atoms with Crippen LogP contribution < -0.4 is 15.9 Å². The van der Waals surface area contributed by atoms with E-state index in [9.17, 15) is 9.90 Å². The topological polar surface area (TPSA) is 96.9 Å². The molecule has 0 aromatic heterocycles. The molecule has 0 saturated heterocycles. The summed E-state index contributed by atoms with van der Waals surface area (Å²) in [6.07, 6.45) is 1.30. The lowest BCUT2D eigenvalue weighted by molar-refractivity contribution is 0.249. The highest BCUT2D eigenvalue weighted by atomic mass is 16.5. The molecule has 0 aliphatic heterocycles. The molecule has 0 heterocycles. The number of nitrogens with zero attached hydrogens (tertiary/aromatic N) is 1. The molecule has 6 heteroatoms. The van der Waals surface area contributed by atoms with E-state index < -0.39 is 6.03 Å². The summed E-state index contributed by atoms with van der Waals surface area (Å²) in [5.74, 6) is 0.371. The van der Waals surface area contributed by atoms with Gasteiger partial charge in [0.1, 0.15) is 0 Å². The van der Waals surface area contributed by atoms with Gasteiger partial charge in [0.15, 0.2) is 11.5 Å². The number of hydrogen-bond donors (Lipinski definition) is 3. The maximum Gasteiger partial charge on any atom is 0.332 e. The van der Waals surface area contributed by atoms with E-state index in [1.54, 1.807) is 6.07 Å². The lowest BCUT2D eigenvalue weighted by atomic mass is 10.0. The number of carbonyl (C=O) groups excluding carboxylic acids is 1. The van der Waals surface area contributed by atoms with Crippen LogP contribution in [0.2, 0.25) is 0 Å². The molecule has 0 unspecified atom stereocenters. The van der Waals surface area contributed by atoms with Gasteiger partial charge in [-0.1, -0.05) is 0 Å². The van der Waals surface area contributed by atoms with Crippen LogP contribution in [0.5, 0.6) is 11.5 Å². The normalized spacial score (nSPS) is 10.5. The Hall–Kier alpha value is -2.24. The molecule has 17 heavy (non-hydrogen) atoms. The second-order valence-electron chi connectivity index (χ2n) is 3.52. The highest BCUT2D eigenvalue weighted by molar-refractivity contribution is 5.86. The fourth-order valence-corrected chi connectivity index (χ4v) is 1.41. The molecule has 1 aromatic rings. The number of nitrogens with two attached hydrogens (primary N) is 1. The summed E-state index contributed by atoms with van der Waals surface area (Å²) in [4.78, 5) is 10.4. The van der Waals surface area contributed by atoms with E-state index in [-0.39, 0.29) is 5.75 Å². The van der Waals surface area contributed by atoms with Crippen molar-refractivity contribution in [2.75, 3.05) is 7.11 Å². The van der Waals surface area contributed by atoms with Crippen molar-refractivity contribution in [3.05, 3.63) is 22.8 Å². The van der Waals surface area contributed by atoms with Gasteiger partial charge in [0.2, 0.25) is 0 Å². The van der Waals surface area contributed by atoms with Crippen molar-refractivity contribution in [3.63, 3.8) is 0 Å². The highest BCUT2D eigenvalue weighted by Gasteiger charge is 2.12. The Balaban J connectivity index is 3.13. The van der Waals surface area contributed by atoms with Crippen LogP contribution in [0.15, 0.2) is 11.2 Å². The molecule has 1 aromatic carbocycles. The molecule has 92 valence electrons. The maximum absolute atomic E-state index is 10.4. The van der Waals surface area contributed by atoms with Gasteiger partial charge in [-0.05, 0) is 31.0 Å². The number of carbonyl (C=O) groups is 1. The molecule has 0 saturated carbocycles. The Morgan fingerprint density at radius 3 is 2.76 bits per heavy atom. The number of urea groups is 1. The Morgan fingerprint density at radius 1 is 1.59 bits per heavy atom. The number of ether oxygens (including phenoxy) is 1. The molecule has 0 aliphatic carbocycles. The maximum atomic E-state index is 10.4. The molecule has 0 spiro atoms. The number of aromatic hydroxyl groups is 1. The van der Waals surface area contributed by atoms with Crippen LogP contribution in [0, 0.1) is 13.8 Å². The zero-order valence-corrected chi connectivity index (χ0v) is 9.94. The van der Waals surface area contributed by atoms with Crippen molar-refractivity contribution in [2.45, 2.75) is 13.8 Å². The van der Waals surface area contributed by atoms with Crippen molar-refractivity contribution < 1.29 is 14.6 Å². The molecule has 2 amide bonds. The summed E-state index contributed by atoms with van der Waals surface area (Å²) in [5.41, 5.74) is 9.14. The number of methoxy groups -OCH3 is 1. The van der Waals surface area contributed by atoms with Crippen molar-refractivity contribution in [1.82, 2.24) is 5.43 Å². The van der Waals surface area contributed by atoms with Gasteiger partial charge < -0.3 is 15.6 Å². The Bertz CT molecular complexity index is 470. The van der Waals surface area contributed by atoms with Gasteiger partial charge >= 0.3 is 6.03 Å². The standard InChI is InChI=1S/C11H15N3O3/c1-6-4-8(5-13-14-11(12)16)9(15)10(17-3)7(6)2/h4-5,15H,1-3H3,(H3,12,14,16). The van der Waals surface area contributed by atoms with Gasteiger partial charge in [-0.25, -0.2) is 10.2 Å². The third kappa shape index (κ3) is 2.87. The Kier molecular flexibility index (Phi) is 3.92. The zero-order valence-electron chi connectivity index (χ0n) is 9.94. The first-order chi connectivity index (χ1) is 7.97. The first-order valence-electron chi connectivity index (χ1n) is 4.93. The van der Waals surface area contributed by atoms with Crippen molar-refractivity contribution in [1.29, 1.82) is 0 Å². The number of hydrazone groups is 1. The van der Waals surface area contributed by atoms with Gasteiger partial charge in [-0.3, -0.25) is 0 Å². The number of phenols is 1. The second-order valence-corrected chi connectivity index (χ2v) is 3.52. The summed E-state index contributed by atoms with van der Waals surface area (Å²) in [6, 6.07) is 0.968.